The topological polar surface area (TPSA) is 94.4 Å². The number of nitrogens with one attached hydrogen (secondary N) is 1. The second kappa shape index (κ2) is 9.57. The van der Waals surface area contributed by atoms with E-state index in [1.54, 1.807) is 24.4 Å². The van der Waals surface area contributed by atoms with Crippen LogP contribution in [0.4, 0.5) is 5.82 Å². The Bertz CT molecular complexity index is 1460. The van der Waals surface area contributed by atoms with Crippen molar-refractivity contribution in [3.63, 3.8) is 0 Å². The Morgan fingerprint density at radius 2 is 2.08 bits per heavy atom. The molecule has 184 valence electrons. The van der Waals surface area contributed by atoms with Crippen LogP contribution in [0.5, 0.6) is 11.5 Å². The summed E-state index contributed by atoms with van der Waals surface area (Å²) in [5, 5.41) is 3.28. The van der Waals surface area contributed by atoms with Crippen LogP contribution < -0.4 is 20.3 Å². The number of fused-ring (bicyclic) bond motifs is 2. The number of ether oxygens (including phenoxy) is 3. The lowest BCUT2D eigenvalue weighted by Crippen LogP contribution is -2.27. The number of thioether (sulfide) groups is 1. The van der Waals surface area contributed by atoms with Crippen LogP contribution >= 0.6 is 24.0 Å². The first kappa shape index (κ1) is 23.0. The lowest BCUT2D eigenvalue weighted by Gasteiger charge is -2.15. The lowest BCUT2D eigenvalue weighted by atomic mass is 10.2. The summed E-state index contributed by atoms with van der Waals surface area (Å²) >= 11 is 6.69. The van der Waals surface area contributed by atoms with Crippen LogP contribution in [-0.2, 0) is 16.1 Å². The van der Waals surface area contributed by atoms with E-state index < -0.39 is 0 Å². The zero-order chi connectivity index (χ0) is 24.6. The minimum Gasteiger partial charge on any atom is -0.454 e. The molecule has 5 heterocycles. The first-order chi connectivity index (χ1) is 17.6. The molecule has 1 aromatic carbocycles. The molecule has 3 aliphatic rings. The lowest BCUT2D eigenvalue weighted by molar-refractivity contribution is -0.122. The summed E-state index contributed by atoms with van der Waals surface area (Å²) in [4.78, 5) is 33.3. The van der Waals surface area contributed by atoms with E-state index in [4.69, 9.17) is 26.4 Å². The van der Waals surface area contributed by atoms with E-state index in [1.165, 1.54) is 21.1 Å². The number of amides is 1. The molecule has 0 spiro atoms. The number of pyridine rings is 1. The molecule has 11 heteroatoms. The molecule has 2 fully saturated rings. The molecular weight excluding hydrogens is 500 g/mol. The van der Waals surface area contributed by atoms with E-state index in [1.807, 2.05) is 24.3 Å². The van der Waals surface area contributed by atoms with Crippen molar-refractivity contribution in [2.24, 2.45) is 0 Å². The monoisotopic (exact) mass is 522 g/mol. The van der Waals surface area contributed by atoms with Gasteiger partial charge in [-0.15, -0.1) is 0 Å². The molecule has 1 N–H and O–H groups in total. The van der Waals surface area contributed by atoms with Gasteiger partial charge >= 0.3 is 0 Å². The van der Waals surface area contributed by atoms with Gasteiger partial charge in [0.1, 0.15) is 15.8 Å². The maximum Gasteiger partial charge on any atom is 0.267 e. The third-order valence-electron chi connectivity index (χ3n) is 6.22. The van der Waals surface area contributed by atoms with Gasteiger partial charge in [0, 0.05) is 19.3 Å². The van der Waals surface area contributed by atoms with E-state index in [9.17, 15) is 9.59 Å². The SMILES string of the molecule is O=C1/C(=C/c2c(NC[C@@H]3CCCO3)nc3ccccn3c2=O)SC(=S)N1Cc1ccc2c(c1)OCO2. The molecule has 9 nitrogen and oxygen atoms in total. The van der Waals surface area contributed by atoms with Crippen molar-refractivity contribution in [3.8, 4) is 11.5 Å². The first-order valence-electron chi connectivity index (χ1n) is 11.6. The molecule has 1 atom stereocenters. The van der Waals surface area contributed by atoms with Crippen LogP contribution in [0.25, 0.3) is 11.7 Å². The number of carbonyl (C=O) groups is 1. The van der Waals surface area contributed by atoms with Gasteiger partial charge in [0.25, 0.3) is 11.5 Å². The van der Waals surface area contributed by atoms with Crippen LogP contribution in [-0.4, -0.2) is 50.6 Å². The number of hydrogen-bond donors (Lipinski definition) is 1. The number of aromatic nitrogens is 2. The quantitative estimate of drug-likeness (QED) is 0.386. The van der Waals surface area contributed by atoms with Gasteiger partial charge in [-0.05, 0) is 48.7 Å². The van der Waals surface area contributed by atoms with Crippen molar-refractivity contribution in [2.75, 3.05) is 25.3 Å². The zero-order valence-corrected chi connectivity index (χ0v) is 20.8. The van der Waals surface area contributed by atoms with Gasteiger partial charge in [0.15, 0.2) is 11.5 Å². The van der Waals surface area contributed by atoms with Gasteiger partial charge in [-0.25, -0.2) is 4.98 Å². The van der Waals surface area contributed by atoms with Crippen molar-refractivity contribution >= 4 is 51.7 Å². The Kier molecular flexibility index (Phi) is 6.12. The maximum absolute atomic E-state index is 13.4. The predicted molar refractivity (Wildman–Crippen MR) is 140 cm³/mol. The Labute approximate surface area is 216 Å². The van der Waals surface area contributed by atoms with E-state index in [-0.39, 0.29) is 30.9 Å². The minimum absolute atomic E-state index is 0.0637. The van der Waals surface area contributed by atoms with Gasteiger partial charge in [-0.1, -0.05) is 36.1 Å². The van der Waals surface area contributed by atoms with Crippen molar-refractivity contribution in [2.45, 2.75) is 25.5 Å². The highest BCUT2D eigenvalue weighted by atomic mass is 32.2. The molecule has 3 aromatic rings. The molecule has 0 saturated carbocycles. The zero-order valence-electron chi connectivity index (χ0n) is 19.1. The summed E-state index contributed by atoms with van der Waals surface area (Å²) in [5.41, 5.74) is 1.42. The molecule has 2 aromatic heterocycles. The smallest absolute Gasteiger partial charge is 0.267 e. The largest absolute Gasteiger partial charge is 0.454 e. The Balaban J connectivity index is 1.31. The van der Waals surface area contributed by atoms with Crippen molar-refractivity contribution in [3.05, 3.63) is 69.0 Å². The fourth-order valence-electron chi connectivity index (χ4n) is 4.37. The second-order valence-electron chi connectivity index (χ2n) is 8.58. The van der Waals surface area contributed by atoms with Crippen LogP contribution in [0.2, 0.25) is 0 Å². The minimum atomic E-state index is -0.267. The van der Waals surface area contributed by atoms with Gasteiger partial charge in [0.05, 0.1) is 23.1 Å². The van der Waals surface area contributed by atoms with E-state index in [2.05, 4.69) is 10.3 Å². The fourth-order valence-corrected chi connectivity index (χ4v) is 5.61. The molecule has 1 amide bonds. The third kappa shape index (κ3) is 4.34. The van der Waals surface area contributed by atoms with Crippen LogP contribution in [0, 0.1) is 0 Å². The number of carbonyl (C=O) groups excluding carboxylic acids is 1. The molecule has 3 aliphatic heterocycles. The fraction of sp³-hybridized carbons (Fsp3) is 0.280. The van der Waals surface area contributed by atoms with Crippen molar-refractivity contribution in [1.82, 2.24) is 14.3 Å². The average molecular weight is 523 g/mol. The number of rotatable bonds is 6. The second-order valence-corrected chi connectivity index (χ2v) is 10.3. The average Bonchev–Trinajstić information content (AvgIpc) is 3.63. The Morgan fingerprint density at radius 3 is 2.94 bits per heavy atom. The van der Waals surface area contributed by atoms with E-state index >= 15 is 0 Å². The predicted octanol–water partition coefficient (Wildman–Crippen LogP) is 3.42. The van der Waals surface area contributed by atoms with Gasteiger partial charge in [0.2, 0.25) is 6.79 Å². The molecule has 0 aliphatic carbocycles. The summed E-state index contributed by atoms with van der Waals surface area (Å²) in [7, 11) is 0. The normalized spacial score (nSPS) is 20.2. The number of anilines is 1. The molecular formula is C25H22N4O5S2. The number of thiocarbonyl (C=S) groups is 1. The summed E-state index contributed by atoms with van der Waals surface area (Å²) in [6, 6.07) is 10.9. The first-order valence-corrected chi connectivity index (χ1v) is 12.8. The molecule has 6 rings (SSSR count). The summed E-state index contributed by atoms with van der Waals surface area (Å²) in [6.07, 6.45) is 5.28. The number of hydrogen-bond acceptors (Lipinski definition) is 9. The Hall–Kier alpha value is -3.41. The van der Waals surface area contributed by atoms with E-state index in [0.29, 0.717) is 44.3 Å². The van der Waals surface area contributed by atoms with Gasteiger partial charge in [-0.2, -0.15) is 0 Å². The highest BCUT2D eigenvalue weighted by Crippen LogP contribution is 2.36. The molecule has 0 radical (unpaired) electrons. The number of benzene rings is 1. The standard InChI is InChI=1S/C25H22N4O5S2/c30-23-17(22(26-12-16-4-3-9-32-16)27-21-5-1-2-8-28(21)23)11-20-24(31)29(25(35)36-20)13-15-6-7-18-19(10-15)34-14-33-18/h1-2,5-8,10-11,16,26H,3-4,9,12-14H2/b20-11-/t16-/m0/s1. The molecule has 0 unspecified atom stereocenters. The van der Waals surface area contributed by atoms with Crippen LogP contribution in [0.3, 0.4) is 0 Å². The molecule has 2 saturated heterocycles. The number of nitrogens with zero attached hydrogens (tertiary/aromatic N) is 3. The van der Waals surface area contributed by atoms with Gasteiger partial charge in [-0.3, -0.25) is 18.9 Å². The van der Waals surface area contributed by atoms with Gasteiger partial charge < -0.3 is 19.5 Å². The van der Waals surface area contributed by atoms with Crippen molar-refractivity contribution < 1.29 is 19.0 Å². The Morgan fingerprint density at radius 1 is 1.19 bits per heavy atom. The van der Waals surface area contributed by atoms with Crippen LogP contribution in [0.1, 0.15) is 24.0 Å². The maximum atomic E-state index is 13.4. The summed E-state index contributed by atoms with van der Waals surface area (Å²) in [6.45, 7) is 1.74. The van der Waals surface area contributed by atoms with E-state index in [0.717, 1.165) is 25.0 Å². The molecule has 36 heavy (non-hydrogen) atoms. The highest BCUT2D eigenvalue weighted by Gasteiger charge is 2.33. The highest BCUT2D eigenvalue weighted by molar-refractivity contribution is 8.26. The van der Waals surface area contributed by atoms with Crippen LogP contribution in [0.15, 0.2) is 52.3 Å². The molecule has 0 bridgehead atoms. The summed E-state index contributed by atoms with van der Waals surface area (Å²) < 4.78 is 18.4. The van der Waals surface area contributed by atoms with Crippen molar-refractivity contribution in [1.29, 1.82) is 0 Å². The third-order valence-corrected chi connectivity index (χ3v) is 7.59. The summed E-state index contributed by atoms with van der Waals surface area (Å²) in [5.74, 6) is 1.48.